The fourth-order valence-corrected chi connectivity index (χ4v) is 4.47. The molecule has 2 aromatic rings. The van der Waals surface area contributed by atoms with Crippen molar-refractivity contribution in [2.24, 2.45) is 0 Å². The van der Waals surface area contributed by atoms with Gasteiger partial charge in [0.1, 0.15) is 4.21 Å². The molecule has 0 aliphatic heterocycles. The van der Waals surface area contributed by atoms with Crippen LogP contribution >= 0.6 is 27.3 Å². The van der Waals surface area contributed by atoms with E-state index in [4.69, 9.17) is 0 Å². The third kappa shape index (κ3) is 2.85. The largest absolute Gasteiger partial charge is 0.279 e. The van der Waals surface area contributed by atoms with Crippen molar-refractivity contribution in [1.82, 2.24) is 4.98 Å². The van der Waals surface area contributed by atoms with Crippen LogP contribution < -0.4 is 4.72 Å². The standard InChI is InChI=1S/C10H9BrN2O2S2/c1-7-6-9(16-10(7)11)17(14,15)13-8-2-4-12-5-3-8/h2-6H,1H3,(H,12,13). The average molecular weight is 333 g/mol. The summed E-state index contributed by atoms with van der Waals surface area (Å²) in [5.41, 5.74) is 1.41. The number of halogens is 1. The number of nitrogens with zero attached hydrogens (tertiary/aromatic N) is 1. The number of thiophene rings is 1. The van der Waals surface area contributed by atoms with Crippen molar-refractivity contribution in [1.29, 1.82) is 0 Å². The summed E-state index contributed by atoms with van der Waals surface area (Å²) < 4.78 is 27.7. The first-order valence-electron chi connectivity index (χ1n) is 4.68. The van der Waals surface area contributed by atoms with Crippen molar-refractivity contribution in [3.8, 4) is 0 Å². The van der Waals surface area contributed by atoms with Crippen molar-refractivity contribution in [3.63, 3.8) is 0 Å². The van der Waals surface area contributed by atoms with Crippen molar-refractivity contribution in [3.05, 3.63) is 39.9 Å². The second-order valence-corrected chi connectivity index (χ2v) is 7.64. The van der Waals surface area contributed by atoms with Gasteiger partial charge in [0.2, 0.25) is 0 Å². The van der Waals surface area contributed by atoms with Crippen LogP contribution in [0, 0.1) is 6.92 Å². The Morgan fingerprint density at radius 3 is 2.53 bits per heavy atom. The third-order valence-electron chi connectivity index (χ3n) is 2.03. The zero-order valence-electron chi connectivity index (χ0n) is 8.84. The van der Waals surface area contributed by atoms with Gasteiger partial charge in [-0.3, -0.25) is 9.71 Å². The van der Waals surface area contributed by atoms with E-state index in [2.05, 4.69) is 25.6 Å². The second-order valence-electron chi connectivity index (χ2n) is 3.36. The van der Waals surface area contributed by atoms with Crippen LogP contribution in [0.1, 0.15) is 5.56 Å². The number of rotatable bonds is 3. The zero-order chi connectivity index (χ0) is 12.5. The molecule has 1 N–H and O–H groups in total. The van der Waals surface area contributed by atoms with Gasteiger partial charge >= 0.3 is 0 Å². The fourth-order valence-electron chi connectivity index (χ4n) is 1.19. The maximum Gasteiger partial charge on any atom is 0.271 e. The highest BCUT2D eigenvalue weighted by molar-refractivity contribution is 9.11. The van der Waals surface area contributed by atoms with Gasteiger partial charge in [-0.2, -0.15) is 0 Å². The SMILES string of the molecule is Cc1cc(S(=O)(=O)Nc2ccncc2)sc1Br. The highest BCUT2D eigenvalue weighted by atomic mass is 79.9. The first-order chi connectivity index (χ1) is 7.99. The molecule has 0 aliphatic carbocycles. The Bertz CT molecular complexity index is 604. The molecule has 0 saturated heterocycles. The molecule has 90 valence electrons. The Hall–Kier alpha value is -0.920. The molecule has 17 heavy (non-hydrogen) atoms. The van der Waals surface area contributed by atoms with Gasteiger partial charge in [0.15, 0.2) is 0 Å². The lowest BCUT2D eigenvalue weighted by Crippen LogP contribution is -2.11. The molecule has 0 aliphatic rings. The molecule has 0 aromatic carbocycles. The van der Waals surface area contributed by atoms with Crippen LogP contribution in [0.2, 0.25) is 0 Å². The molecule has 0 radical (unpaired) electrons. The lowest BCUT2D eigenvalue weighted by molar-refractivity contribution is 0.603. The average Bonchev–Trinajstić information content (AvgIpc) is 2.61. The molecule has 4 nitrogen and oxygen atoms in total. The van der Waals surface area contributed by atoms with Gasteiger partial charge < -0.3 is 0 Å². The number of hydrogen-bond donors (Lipinski definition) is 1. The fraction of sp³-hybridized carbons (Fsp3) is 0.100. The first kappa shape index (κ1) is 12.5. The summed E-state index contributed by atoms with van der Waals surface area (Å²) in [6, 6.07) is 4.85. The molecular weight excluding hydrogens is 324 g/mol. The van der Waals surface area contributed by atoms with Gasteiger partial charge in [-0.25, -0.2) is 8.42 Å². The molecule has 0 bridgehead atoms. The van der Waals surface area contributed by atoms with E-state index < -0.39 is 10.0 Å². The summed E-state index contributed by atoms with van der Waals surface area (Å²) in [4.78, 5) is 3.83. The minimum absolute atomic E-state index is 0.290. The quantitative estimate of drug-likeness (QED) is 0.939. The van der Waals surface area contributed by atoms with Crippen LogP contribution in [-0.4, -0.2) is 13.4 Å². The highest BCUT2D eigenvalue weighted by Crippen LogP contribution is 2.31. The zero-order valence-corrected chi connectivity index (χ0v) is 12.1. The van der Waals surface area contributed by atoms with Crippen molar-refractivity contribution in [2.45, 2.75) is 11.1 Å². The van der Waals surface area contributed by atoms with Gasteiger partial charge in [0.05, 0.1) is 9.47 Å². The first-order valence-corrected chi connectivity index (χ1v) is 7.77. The van der Waals surface area contributed by atoms with E-state index in [0.717, 1.165) is 9.35 Å². The summed E-state index contributed by atoms with van der Waals surface area (Å²) in [6.07, 6.45) is 3.07. The molecule has 2 rings (SSSR count). The predicted molar refractivity (Wildman–Crippen MR) is 71.8 cm³/mol. The molecule has 0 fully saturated rings. The maximum absolute atomic E-state index is 12.0. The maximum atomic E-state index is 12.0. The van der Waals surface area contributed by atoms with Crippen LogP contribution in [0.3, 0.4) is 0 Å². The van der Waals surface area contributed by atoms with Crippen LogP contribution in [0.4, 0.5) is 5.69 Å². The summed E-state index contributed by atoms with van der Waals surface area (Å²) in [6.45, 7) is 1.85. The number of aromatic nitrogens is 1. The Morgan fingerprint density at radius 1 is 1.35 bits per heavy atom. The van der Waals surface area contributed by atoms with Crippen molar-refractivity contribution >= 4 is 43.0 Å². The lowest BCUT2D eigenvalue weighted by Gasteiger charge is -2.04. The summed E-state index contributed by atoms with van der Waals surface area (Å²) in [5, 5.41) is 0. The Morgan fingerprint density at radius 2 is 2.00 bits per heavy atom. The number of nitrogens with one attached hydrogen (secondary N) is 1. The van der Waals surface area contributed by atoms with Crippen LogP contribution in [0.5, 0.6) is 0 Å². The number of aryl methyl sites for hydroxylation is 1. The number of sulfonamides is 1. The molecule has 0 saturated carbocycles. The highest BCUT2D eigenvalue weighted by Gasteiger charge is 2.18. The number of anilines is 1. The molecular formula is C10H9BrN2O2S2. The topological polar surface area (TPSA) is 59.1 Å². The van der Waals surface area contributed by atoms with E-state index in [-0.39, 0.29) is 0 Å². The monoisotopic (exact) mass is 332 g/mol. The molecule has 2 heterocycles. The third-order valence-corrected chi connectivity index (χ3v) is 6.02. The van der Waals surface area contributed by atoms with Gasteiger partial charge in [-0.05, 0) is 46.6 Å². The predicted octanol–water partition coefficient (Wildman–Crippen LogP) is 3.01. The second kappa shape index (κ2) is 4.75. The molecule has 7 heteroatoms. The summed E-state index contributed by atoms with van der Waals surface area (Å²) >= 11 is 4.50. The molecule has 0 unspecified atom stereocenters. The van der Waals surface area contributed by atoms with E-state index >= 15 is 0 Å². The van der Waals surface area contributed by atoms with Crippen LogP contribution in [0.15, 0.2) is 38.6 Å². The van der Waals surface area contributed by atoms with Gasteiger partial charge in [0, 0.05) is 12.4 Å². The van der Waals surface area contributed by atoms with Gasteiger partial charge in [0.25, 0.3) is 10.0 Å². The molecule has 0 amide bonds. The van der Waals surface area contributed by atoms with E-state index in [1.807, 2.05) is 6.92 Å². The van der Waals surface area contributed by atoms with Gasteiger partial charge in [-0.1, -0.05) is 0 Å². The normalized spacial score (nSPS) is 11.4. The van der Waals surface area contributed by atoms with E-state index in [9.17, 15) is 8.42 Å². The molecule has 0 spiro atoms. The van der Waals surface area contributed by atoms with E-state index in [1.165, 1.54) is 23.7 Å². The van der Waals surface area contributed by atoms with E-state index in [0.29, 0.717) is 9.90 Å². The Kier molecular flexibility index (Phi) is 3.50. The smallest absolute Gasteiger partial charge is 0.271 e. The Labute approximate surface area is 112 Å². The van der Waals surface area contributed by atoms with E-state index in [1.54, 1.807) is 18.2 Å². The van der Waals surface area contributed by atoms with Crippen molar-refractivity contribution in [2.75, 3.05) is 4.72 Å². The molecule has 0 atom stereocenters. The summed E-state index contributed by atoms with van der Waals surface area (Å²) in [5.74, 6) is 0. The Balaban J connectivity index is 2.32. The lowest BCUT2D eigenvalue weighted by atomic mass is 10.4. The van der Waals surface area contributed by atoms with Crippen LogP contribution in [0.25, 0.3) is 0 Å². The minimum Gasteiger partial charge on any atom is -0.279 e. The van der Waals surface area contributed by atoms with Crippen LogP contribution in [-0.2, 0) is 10.0 Å². The van der Waals surface area contributed by atoms with Crippen molar-refractivity contribution < 1.29 is 8.42 Å². The minimum atomic E-state index is -3.50. The number of hydrogen-bond acceptors (Lipinski definition) is 4. The summed E-state index contributed by atoms with van der Waals surface area (Å²) in [7, 11) is -3.50. The number of pyridine rings is 1. The molecule has 2 aromatic heterocycles. The van der Waals surface area contributed by atoms with Gasteiger partial charge in [-0.15, -0.1) is 11.3 Å².